The first kappa shape index (κ1) is 14.4. The molecule has 0 aliphatic rings. The Morgan fingerprint density at radius 3 is 2.69 bits per heavy atom. The normalized spacial score (nSPS) is 11.2. The summed E-state index contributed by atoms with van der Waals surface area (Å²) in [5, 5.41) is 10.9. The molecule has 0 aromatic rings. The van der Waals surface area contributed by atoms with E-state index in [9.17, 15) is 9.59 Å². The lowest BCUT2D eigenvalue weighted by Crippen LogP contribution is -2.31. The predicted octanol–water partition coefficient (Wildman–Crippen LogP) is 2.09. The molecule has 0 rings (SSSR count). The molecule has 0 saturated heterocycles. The van der Waals surface area contributed by atoms with Crippen LogP contribution in [0.4, 0.5) is 4.79 Å². The maximum atomic E-state index is 10.4. The highest BCUT2D eigenvalue weighted by molar-refractivity contribution is 5.65. The van der Waals surface area contributed by atoms with Crippen molar-refractivity contribution in [3.05, 3.63) is 12.7 Å². The van der Waals surface area contributed by atoms with Crippen molar-refractivity contribution in [3.63, 3.8) is 0 Å². The van der Waals surface area contributed by atoms with Crippen molar-refractivity contribution in [3.8, 4) is 0 Å². The van der Waals surface area contributed by atoms with Crippen LogP contribution in [0.3, 0.4) is 0 Å². The molecule has 0 saturated carbocycles. The Morgan fingerprint density at radius 1 is 1.44 bits per heavy atom. The van der Waals surface area contributed by atoms with Gasteiger partial charge in [-0.3, -0.25) is 0 Å². The fourth-order valence-corrected chi connectivity index (χ4v) is 1.36. The van der Waals surface area contributed by atoms with Crippen molar-refractivity contribution >= 4 is 12.2 Å². The molecule has 0 fully saturated rings. The predicted molar refractivity (Wildman–Crippen MR) is 61.2 cm³/mol. The lowest BCUT2D eigenvalue weighted by Gasteiger charge is -2.11. The third kappa shape index (κ3) is 8.97. The highest BCUT2D eigenvalue weighted by atomic mass is 16.4. The van der Waals surface area contributed by atoms with Crippen LogP contribution in [0, 0.1) is 0 Å². The highest BCUT2D eigenvalue weighted by Gasteiger charge is 2.05. The quantitative estimate of drug-likeness (QED) is 0.273. The fraction of sp³-hybridized carbons (Fsp3) is 0.636. The second-order valence-corrected chi connectivity index (χ2v) is 3.47. The summed E-state index contributed by atoms with van der Waals surface area (Å²) in [5.41, 5.74) is 0. The van der Waals surface area contributed by atoms with Crippen LogP contribution in [0.5, 0.6) is 0 Å². The average molecular weight is 226 g/mol. The zero-order valence-corrected chi connectivity index (χ0v) is 9.32. The molecule has 0 aliphatic carbocycles. The number of rotatable bonds is 9. The van der Waals surface area contributed by atoms with E-state index < -0.39 is 6.09 Å². The van der Waals surface area contributed by atoms with E-state index in [-0.39, 0.29) is 6.04 Å². The summed E-state index contributed by atoms with van der Waals surface area (Å²) in [6.07, 6.45) is 6.63. The molecule has 0 aromatic carbocycles. The molecule has 1 atom stereocenters. The SMILES string of the molecule is C=CC(CCCCCCN=C=O)NC(=O)O. The molecule has 1 unspecified atom stereocenters. The molecular weight excluding hydrogens is 208 g/mol. The van der Waals surface area contributed by atoms with E-state index >= 15 is 0 Å². The van der Waals surface area contributed by atoms with Crippen molar-refractivity contribution in [1.29, 1.82) is 0 Å². The summed E-state index contributed by atoms with van der Waals surface area (Å²) < 4.78 is 0. The summed E-state index contributed by atoms with van der Waals surface area (Å²) in [4.78, 5) is 23.6. The summed E-state index contributed by atoms with van der Waals surface area (Å²) in [7, 11) is 0. The van der Waals surface area contributed by atoms with Crippen molar-refractivity contribution < 1.29 is 14.7 Å². The largest absolute Gasteiger partial charge is 0.465 e. The van der Waals surface area contributed by atoms with Gasteiger partial charge < -0.3 is 10.4 Å². The van der Waals surface area contributed by atoms with E-state index in [4.69, 9.17) is 5.11 Å². The number of aliphatic imine (C=N–C) groups is 1. The second-order valence-electron chi connectivity index (χ2n) is 3.47. The van der Waals surface area contributed by atoms with Crippen LogP contribution in [0.1, 0.15) is 32.1 Å². The van der Waals surface area contributed by atoms with Crippen molar-refractivity contribution in [1.82, 2.24) is 5.32 Å². The summed E-state index contributed by atoms with van der Waals surface area (Å²) in [6.45, 7) is 4.10. The highest BCUT2D eigenvalue weighted by Crippen LogP contribution is 2.06. The number of carbonyl (C=O) groups excluding carboxylic acids is 1. The van der Waals surface area contributed by atoms with Crippen LogP contribution < -0.4 is 5.32 Å². The Labute approximate surface area is 95.3 Å². The van der Waals surface area contributed by atoms with E-state index in [1.165, 1.54) is 6.08 Å². The van der Waals surface area contributed by atoms with Crippen LogP contribution in [-0.2, 0) is 4.79 Å². The van der Waals surface area contributed by atoms with Gasteiger partial charge in [-0.1, -0.05) is 25.3 Å². The molecule has 0 aliphatic heterocycles. The molecule has 0 radical (unpaired) electrons. The van der Waals surface area contributed by atoms with Gasteiger partial charge in [0.15, 0.2) is 0 Å². The number of carbonyl (C=O) groups is 1. The molecule has 0 heterocycles. The Bertz CT molecular complexity index is 260. The lowest BCUT2D eigenvalue weighted by atomic mass is 10.1. The van der Waals surface area contributed by atoms with Gasteiger partial charge in [0.1, 0.15) is 0 Å². The van der Waals surface area contributed by atoms with Crippen LogP contribution >= 0.6 is 0 Å². The number of nitrogens with zero attached hydrogens (tertiary/aromatic N) is 1. The van der Waals surface area contributed by atoms with Crippen LogP contribution in [0.2, 0.25) is 0 Å². The molecule has 0 aromatic heterocycles. The maximum absolute atomic E-state index is 10.4. The van der Waals surface area contributed by atoms with Crippen LogP contribution in [-0.4, -0.2) is 29.9 Å². The van der Waals surface area contributed by atoms with E-state index in [0.29, 0.717) is 6.54 Å². The van der Waals surface area contributed by atoms with Gasteiger partial charge in [-0.05, 0) is 12.8 Å². The average Bonchev–Trinajstić information content (AvgIpc) is 2.25. The molecule has 5 heteroatoms. The molecule has 90 valence electrons. The number of amides is 1. The van der Waals surface area contributed by atoms with E-state index in [1.54, 1.807) is 6.08 Å². The minimum Gasteiger partial charge on any atom is -0.465 e. The number of hydrogen-bond acceptors (Lipinski definition) is 3. The summed E-state index contributed by atoms with van der Waals surface area (Å²) >= 11 is 0. The number of hydrogen-bond donors (Lipinski definition) is 2. The molecule has 2 N–H and O–H groups in total. The zero-order valence-electron chi connectivity index (χ0n) is 9.32. The van der Waals surface area contributed by atoms with E-state index in [2.05, 4.69) is 16.9 Å². The summed E-state index contributed by atoms with van der Waals surface area (Å²) in [6, 6.07) is -0.175. The van der Waals surface area contributed by atoms with Gasteiger partial charge in [0.2, 0.25) is 6.08 Å². The Balaban J connectivity index is 3.44. The van der Waals surface area contributed by atoms with Crippen molar-refractivity contribution in [2.24, 2.45) is 4.99 Å². The monoisotopic (exact) mass is 226 g/mol. The summed E-state index contributed by atoms with van der Waals surface area (Å²) in [5.74, 6) is 0. The van der Waals surface area contributed by atoms with Gasteiger partial charge in [-0.15, -0.1) is 6.58 Å². The van der Waals surface area contributed by atoms with Gasteiger partial charge in [-0.2, -0.15) is 0 Å². The Hall–Kier alpha value is -1.61. The molecule has 16 heavy (non-hydrogen) atoms. The smallest absolute Gasteiger partial charge is 0.405 e. The van der Waals surface area contributed by atoms with Crippen LogP contribution in [0.25, 0.3) is 0 Å². The maximum Gasteiger partial charge on any atom is 0.405 e. The van der Waals surface area contributed by atoms with E-state index in [1.807, 2.05) is 0 Å². The fourth-order valence-electron chi connectivity index (χ4n) is 1.36. The lowest BCUT2D eigenvalue weighted by molar-refractivity contribution is 0.191. The van der Waals surface area contributed by atoms with Gasteiger partial charge in [0.25, 0.3) is 0 Å². The third-order valence-electron chi connectivity index (χ3n) is 2.19. The van der Waals surface area contributed by atoms with Crippen LogP contribution in [0.15, 0.2) is 17.6 Å². The second kappa shape index (κ2) is 9.93. The molecule has 0 bridgehead atoms. The molecule has 5 nitrogen and oxygen atoms in total. The van der Waals surface area contributed by atoms with Gasteiger partial charge in [0.05, 0.1) is 12.6 Å². The number of nitrogens with one attached hydrogen (secondary N) is 1. The topological polar surface area (TPSA) is 78.8 Å². The zero-order chi connectivity index (χ0) is 12.2. The van der Waals surface area contributed by atoms with Crippen molar-refractivity contribution in [2.45, 2.75) is 38.1 Å². The number of unbranched alkanes of at least 4 members (excludes halogenated alkanes) is 3. The molecule has 0 spiro atoms. The Kier molecular flexibility index (Phi) is 8.93. The van der Waals surface area contributed by atoms with E-state index in [0.717, 1.165) is 32.1 Å². The number of isocyanates is 1. The van der Waals surface area contributed by atoms with Crippen molar-refractivity contribution in [2.75, 3.05) is 6.54 Å². The van der Waals surface area contributed by atoms with Gasteiger partial charge >= 0.3 is 6.09 Å². The van der Waals surface area contributed by atoms with Gasteiger partial charge in [-0.25, -0.2) is 14.6 Å². The number of carboxylic acid groups (broad SMARTS) is 1. The third-order valence-corrected chi connectivity index (χ3v) is 2.19. The first-order valence-corrected chi connectivity index (χ1v) is 5.36. The minimum absolute atomic E-state index is 0.175. The molecule has 1 amide bonds. The van der Waals surface area contributed by atoms with Gasteiger partial charge in [0, 0.05) is 0 Å². The minimum atomic E-state index is -1.02. The Morgan fingerprint density at radius 2 is 2.12 bits per heavy atom. The molecular formula is C11H18N2O3. The first-order chi connectivity index (χ1) is 7.70. The first-order valence-electron chi connectivity index (χ1n) is 5.36. The standard InChI is InChI=1S/C11H18N2O3/c1-2-10(13-11(15)16)7-5-3-4-6-8-12-9-14/h2,10,13H,1,3-8H2,(H,15,16).